The number of alkyl halides is 3. The Balaban J connectivity index is 2.95. The van der Waals surface area contributed by atoms with Crippen LogP contribution in [-0.2, 0) is 6.18 Å². The number of anilines is 1. The molecule has 0 saturated heterocycles. The van der Waals surface area contributed by atoms with Gasteiger partial charge in [0.15, 0.2) is 0 Å². The molecule has 0 atom stereocenters. The molecule has 0 N–H and O–H groups in total. The molecule has 0 unspecified atom stereocenters. The summed E-state index contributed by atoms with van der Waals surface area (Å²) in [6, 6.07) is 2.46. The number of rotatable bonds is 5. The molecule has 0 aliphatic carbocycles. The van der Waals surface area contributed by atoms with Gasteiger partial charge in [-0.25, -0.2) is 0 Å². The first kappa shape index (κ1) is 16.8. The number of hydrogen-bond acceptors (Lipinski definition) is 2. The maximum atomic E-state index is 12.9. The van der Waals surface area contributed by atoms with Crippen molar-refractivity contribution in [3.05, 3.63) is 28.8 Å². The smallest absolute Gasteiger partial charge is 0.374 e. The van der Waals surface area contributed by atoms with Gasteiger partial charge in [0.05, 0.1) is 5.56 Å². The van der Waals surface area contributed by atoms with E-state index in [9.17, 15) is 13.2 Å². The summed E-state index contributed by atoms with van der Waals surface area (Å²) in [4.78, 5) is 3.97. The second-order valence-electron chi connectivity index (χ2n) is 5.51. The standard InChI is InChI=1S/C15H23F3N2/c1-11-9-13(15(16,17)18)10-14(12(11)2)20(5)8-6-7-19(3)4/h9-10H,6-8H2,1-5H3. The van der Waals surface area contributed by atoms with Crippen molar-refractivity contribution in [2.75, 3.05) is 39.1 Å². The number of aryl methyl sites for hydroxylation is 1. The van der Waals surface area contributed by atoms with E-state index in [4.69, 9.17) is 0 Å². The number of benzene rings is 1. The van der Waals surface area contributed by atoms with Crippen molar-refractivity contribution >= 4 is 5.69 Å². The zero-order valence-electron chi connectivity index (χ0n) is 12.8. The Hall–Kier alpha value is -1.23. The SMILES string of the molecule is Cc1cc(C(F)(F)F)cc(N(C)CCCN(C)C)c1C. The van der Waals surface area contributed by atoms with Crippen LogP contribution in [0.2, 0.25) is 0 Å². The number of halogens is 3. The third kappa shape index (κ3) is 4.40. The average molecular weight is 288 g/mol. The summed E-state index contributed by atoms with van der Waals surface area (Å²) in [6.45, 7) is 5.25. The van der Waals surface area contributed by atoms with Crippen molar-refractivity contribution in [3.8, 4) is 0 Å². The molecule has 1 aromatic rings. The summed E-state index contributed by atoms with van der Waals surface area (Å²) in [7, 11) is 5.82. The lowest BCUT2D eigenvalue weighted by Gasteiger charge is -2.24. The molecule has 0 heterocycles. The maximum Gasteiger partial charge on any atom is 0.416 e. The average Bonchev–Trinajstić information content (AvgIpc) is 2.30. The Kier molecular flexibility index (Phi) is 5.45. The van der Waals surface area contributed by atoms with Crippen molar-refractivity contribution in [2.24, 2.45) is 0 Å². The van der Waals surface area contributed by atoms with Gasteiger partial charge in [-0.1, -0.05) is 0 Å². The lowest BCUT2D eigenvalue weighted by molar-refractivity contribution is -0.137. The maximum absolute atomic E-state index is 12.9. The van der Waals surface area contributed by atoms with Crippen LogP contribution in [0.3, 0.4) is 0 Å². The Labute approximate surface area is 119 Å². The van der Waals surface area contributed by atoms with Crippen LogP contribution in [0.15, 0.2) is 12.1 Å². The fourth-order valence-corrected chi connectivity index (χ4v) is 2.15. The fourth-order valence-electron chi connectivity index (χ4n) is 2.15. The van der Waals surface area contributed by atoms with Crippen molar-refractivity contribution in [2.45, 2.75) is 26.4 Å². The molecule has 20 heavy (non-hydrogen) atoms. The first-order chi connectivity index (χ1) is 9.12. The predicted octanol–water partition coefficient (Wildman–Crippen LogP) is 3.71. The summed E-state index contributed by atoms with van der Waals surface area (Å²) >= 11 is 0. The molecule has 0 saturated carbocycles. The van der Waals surface area contributed by atoms with Gasteiger partial charge in [-0.15, -0.1) is 0 Å². The van der Waals surface area contributed by atoms with Crippen LogP contribution in [-0.4, -0.2) is 39.1 Å². The highest BCUT2D eigenvalue weighted by Crippen LogP contribution is 2.34. The van der Waals surface area contributed by atoms with Crippen LogP contribution in [0.5, 0.6) is 0 Å². The molecule has 1 aromatic carbocycles. The van der Waals surface area contributed by atoms with Gasteiger partial charge in [0, 0.05) is 19.3 Å². The molecular weight excluding hydrogens is 265 g/mol. The quantitative estimate of drug-likeness (QED) is 0.815. The van der Waals surface area contributed by atoms with Crippen LogP contribution >= 0.6 is 0 Å². The molecule has 5 heteroatoms. The van der Waals surface area contributed by atoms with Gasteiger partial charge in [-0.3, -0.25) is 0 Å². The van der Waals surface area contributed by atoms with Gasteiger partial charge in [0.25, 0.3) is 0 Å². The van der Waals surface area contributed by atoms with Crippen molar-refractivity contribution < 1.29 is 13.2 Å². The lowest BCUT2D eigenvalue weighted by atomic mass is 10.0. The first-order valence-electron chi connectivity index (χ1n) is 6.67. The van der Waals surface area contributed by atoms with Crippen LogP contribution in [0.25, 0.3) is 0 Å². The van der Waals surface area contributed by atoms with Gasteiger partial charge in [0.2, 0.25) is 0 Å². The summed E-state index contributed by atoms with van der Waals surface area (Å²) < 4.78 is 38.6. The van der Waals surface area contributed by atoms with E-state index in [-0.39, 0.29) is 0 Å². The van der Waals surface area contributed by atoms with Gasteiger partial charge >= 0.3 is 6.18 Å². The monoisotopic (exact) mass is 288 g/mol. The van der Waals surface area contributed by atoms with Crippen LogP contribution in [0.4, 0.5) is 18.9 Å². The molecule has 0 aliphatic rings. The number of nitrogens with zero attached hydrogens (tertiary/aromatic N) is 2. The predicted molar refractivity (Wildman–Crippen MR) is 77.4 cm³/mol. The molecule has 0 aromatic heterocycles. The van der Waals surface area contributed by atoms with Gasteiger partial charge in [-0.2, -0.15) is 13.2 Å². The molecule has 0 spiro atoms. The van der Waals surface area contributed by atoms with E-state index in [1.54, 1.807) is 6.92 Å². The molecule has 0 bridgehead atoms. The highest BCUT2D eigenvalue weighted by Gasteiger charge is 2.31. The molecule has 1 rings (SSSR count). The second kappa shape index (κ2) is 6.48. The molecular formula is C15H23F3N2. The van der Waals surface area contributed by atoms with Gasteiger partial charge in [-0.05, 0) is 64.2 Å². The minimum Gasteiger partial charge on any atom is -0.374 e. The van der Waals surface area contributed by atoms with E-state index in [0.29, 0.717) is 11.3 Å². The third-order valence-corrected chi connectivity index (χ3v) is 3.48. The molecule has 0 aliphatic heterocycles. The molecule has 0 fully saturated rings. The highest BCUT2D eigenvalue weighted by molar-refractivity contribution is 5.58. The zero-order chi connectivity index (χ0) is 15.5. The minimum atomic E-state index is -4.29. The van der Waals surface area contributed by atoms with E-state index >= 15 is 0 Å². The highest BCUT2D eigenvalue weighted by atomic mass is 19.4. The summed E-state index contributed by atoms with van der Waals surface area (Å²) in [6.07, 6.45) is -3.38. The Morgan fingerprint density at radius 2 is 1.60 bits per heavy atom. The second-order valence-corrected chi connectivity index (χ2v) is 5.51. The van der Waals surface area contributed by atoms with E-state index in [1.165, 1.54) is 12.1 Å². The van der Waals surface area contributed by atoms with Gasteiger partial charge < -0.3 is 9.80 Å². The molecule has 2 nitrogen and oxygen atoms in total. The summed E-state index contributed by atoms with van der Waals surface area (Å²) in [5, 5.41) is 0. The van der Waals surface area contributed by atoms with Crippen LogP contribution in [0, 0.1) is 13.8 Å². The van der Waals surface area contributed by atoms with Crippen molar-refractivity contribution in [1.29, 1.82) is 0 Å². The van der Waals surface area contributed by atoms with Crippen molar-refractivity contribution in [3.63, 3.8) is 0 Å². The van der Waals surface area contributed by atoms with E-state index in [2.05, 4.69) is 4.90 Å². The van der Waals surface area contributed by atoms with Gasteiger partial charge in [0.1, 0.15) is 0 Å². The van der Waals surface area contributed by atoms with Crippen LogP contribution < -0.4 is 4.90 Å². The topological polar surface area (TPSA) is 6.48 Å². The lowest BCUT2D eigenvalue weighted by Crippen LogP contribution is -2.24. The normalized spacial score (nSPS) is 12.1. The Bertz CT molecular complexity index is 453. The zero-order valence-corrected chi connectivity index (χ0v) is 12.8. The Morgan fingerprint density at radius 1 is 1.00 bits per heavy atom. The molecule has 0 radical (unpaired) electrons. The number of hydrogen-bond donors (Lipinski definition) is 0. The summed E-state index contributed by atoms with van der Waals surface area (Å²) in [5.41, 5.74) is 1.67. The summed E-state index contributed by atoms with van der Waals surface area (Å²) in [5.74, 6) is 0. The minimum absolute atomic E-state index is 0.574. The van der Waals surface area contributed by atoms with E-state index in [1.807, 2.05) is 33.0 Å². The first-order valence-corrected chi connectivity index (χ1v) is 6.67. The third-order valence-electron chi connectivity index (χ3n) is 3.48. The fraction of sp³-hybridized carbons (Fsp3) is 0.600. The van der Waals surface area contributed by atoms with Crippen molar-refractivity contribution in [1.82, 2.24) is 4.90 Å². The van der Waals surface area contributed by atoms with Crippen LogP contribution in [0.1, 0.15) is 23.1 Å². The Morgan fingerprint density at radius 3 is 2.10 bits per heavy atom. The molecule has 114 valence electrons. The largest absolute Gasteiger partial charge is 0.416 e. The molecule has 0 amide bonds. The van der Waals surface area contributed by atoms with E-state index < -0.39 is 11.7 Å². The van der Waals surface area contributed by atoms with E-state index in [0.717, 1.165) is 25.1 Å².